The number of benzene rings is 3. The molecule has 8 heteroatoms. The number of rotatable bonds is 15. The maximum absolute atomic E-state index is 14.1. The fraction of sp³-hybridized carbons (Fsp3) is 0.471. The minimum atomic E-state index is -0.200. The minimum Gasteiger partial charge on any atom is -0.492 e. The van der Waals surface area contributed by atoms with Gasteiger partial charge in [-0.1, -0.05) is 83.4 Å². The molecule has 0 spiro atoms. The van der Waals surface area contributed by atoms with E-state index >= 15 is 0 Å². The molecule has 0 saturated carbocycles. The van der Waals surface area contributed by atoms with Gasteiger partial charge in [0, 0.05) is 28.1 Å². The average Bonchev–Trinajstić information content (AvgIpc) is 2.99. The summed E-state index contributed by atoms with van der Waals surface area (Å²) < 4.78 is 18.3. The van der Waals surface area contributed by atoms with Crippen LogP contribution in [-0.2, 0) is 0 Å². The highest BCUT2D eigenvalue weighted by molar-refractivity contribution is 9.11. The summed E-state index contributed by atoms with van der Waals surface area (Å²) in [7, 11) is 4.71. The van der Waals surface area contributed by atoms with Crippen LogP contribution in [0.3, 0.4) is 0 Å². The number of ether oxygens (including phenoxy) is 3. The smallest absolute Gasteiger partial charge is 0.261 e. The van der Waals surface area contributed by atoms with Crippen molar-refractivity contribution in [2.75, 3.05) is 21.3 Å². The van der Waals surface area contributed by atoms with Crippen molar-refractivity contribution < 1.29 is 23.8 Å². The molecular formula is C34H41Br2NO5. The van der Waals surface area contributed by atoms with Crippen LogP contribution in [0.25, 0.3) is 21.9 Å². The molecule has 3 aromatic carbocycles. The Morgan fingerprint density at radius 2 is 1.17 bits per heavy atom. The maximum atomic E-state index is 14.1. The predicted molar refractivity (Wildman–Crippen MR) is 176 cm³/mol. The molecule has 1 aliphatic heterocycles. The Bertz CT molecular complexity index is 1390. The fourth-order valence-corrected chi connectivity index (χ4v) is 7.87. The van der Waals surface area contributed by atoms with E-state index in [2.05, 4.69) is 45.7 Å². The number of amides is 2. The number of halogens is 2. The van der Waals surface area contributed by atoms with Crippen LogP contribution in [0.4, 0.5) is 0 Å². The first-order valence-electron chi connectivity index (χ1n) is 15.0. The van der Waals surface area contributed by atoms with Crippen molar-refractivity contribution >= 4 is 54.4 Å². The second kappa shape index (κ2) is 14.7. The van der Waals surface area contributed by atoms with Gasteiger partial charge in [-0.2, -0.15) is 0 Å². The van der Waals surface area contributed by atoms with Crippen LogP contribution in [0.1, 0.15) is 98.8 Å². The minimum absolute atomic E-state index is 0.0970. The van der Waals surface area contributed by atoms with Crippen molar-refractivity contribution in [3.63, 3.8) is 0 Å². The Morgan fingerprint density at radius 1 is 0.667 bits per heavy atom. The number of carbonyl (C=O) groups excluding carboxylic acids is 2. The van der Waals surface area contributed by atoms with Crippen molar-refractivity contribution in [2.45, 2.75) is 84.1 Å². The normalized spacial score (nSPS) is 12.9. The van der Waals surface area contributed by atoms with Gasteiger partial charge < -0.3 is 14.2 Å². The van der Waals surface area contributed by atoms with E-state index in [0.717, 1.165) is 67.9 Å². The molecule has 0 aromatic heterocycles. The van der Waals surface area contributed by atoms with Gasteiger partial charge >= 0.3 is 0 Å². The maximum Gasteiger partial charge on any atom is 0.261 e. The molecule has 1 heterocycles. The van der Waals surface area contributed by atoms with Gasteiger partial charge in [-0.25, -0.2) is 0 Å². The van der Waals surface area contributed by atoms with Gasteiger partial charge in [-0.15, -0.1) is 0 Å². The molecule has 3 aromatic rings. The standard InChI is InChI=1S/C34H41Br2NO5/c1-6-8-10-12-15-21(16-13-11-9-7-2)37-33(38)24-18-14-17-22-23(19-20-25(26(22)24)34(37)39)27-28(35)30(40-3)32(42-5)31(41-4)29(27)36/h14,17-21H,6-13,15-16H2,1-5H3. The zero-order valence-electron chi connectivity index (χ0n) is 25.3. The molecular weight excluding hydrogens is 662 g/mol. The Balaban J connectivity index is 1.83. The first-order valence-corrected chi connectivity index (χ1v) is 16.6. The Kier molecular flexibility index (Phi) is 11.3. The largest absolute Gasteiger partial charge is 0.492 e. The summed E-state index contributed by atoms with van der Waals surface area (Å²) >= 11 is 7.46. The van der Waals surface area contributed by atoms with E-state index in [0.29, 0.717) is 42.7 Å². The lowest BCUT2D eigenvalue weighted by atomic mass is 9.87. The molecule has 0 N–H and O–H groups in total. The molecule has 1 aliphatic rings. The van der Waals surface area contributed by atoms with Crippen LogP contribution < -0.4 is 14.2 Å². The van der Waals surface area contributed by atoms with Crippen LogP contribution in [0.2, 0.25) is 0 Å². The Hall–Kier alpha value is -2.58. The fourth-order valence-electron chi connectivity index (χ4n) is 6.09. The van der Waals surface area contributed by atoms with Crippen molar-refractivity contribution in [1.82, 2.24) is 4.90 Å². The molecule has 0 bridgehead atoms. The highest BCUT2D eigenvalue weighted by atomic mass is 79.9. The molecule has 0 radical (unpaired) electrons. The van der Waals surface area contributed by atoms with Gasteiger partial charge in [0.25, 0.3) is 11.8 Å². The van der Waals surface area contributed by atoms with Gasteiger partial charge in [0.2, 0.25) is 5.75 Å². The Labute approximate surface area is 266 Å². The van der Waals surface area contributed by atoms with Gasteiger partial charge in [0.15, 0.2) is 11.5 Å². The van der Waals surface area contributed by atoms with Crippen LogP contribution >= 0.6 is 31.9 Å². The van der Waals surface area contributed by atoms with Gasteiger partial charge in [0.1, 0.15) is 0 Å². The molecule has 0 unspecified atom stereocenters. The van der Waals surface area contributed by atoms with Gasteiger partial charge in [-0.3, -0.25) is 14.5 Å². The third-order valence-electron chi connectivity index (χ3n) is 8.22. The monoisotopic (exact) mass is 701 g/mol. The summed E-state index contributed by atoms with van der Waals surface area (Å²) in [6, 6.07) is 9.41. The second-order valence-electron chi connectivity index (χ2n) is 10.8. The summed E-state index contributed by atoms with van der Waals surface area (Å²) in [5.41, 5.74) is 2.74. The molecule has 6 nitrogen and oxygen atoms in total. The van der Waals surface area contributed by atoms with E-state index in [1.165, 1.54) is 12.8 Å². The number of imide groups is 1. The number of nitrogens with zero attached hydrogens (tertiary/aromatic N) is 1. The summed E-state index contributed by atoms with van der Waals surface area (Å²) in [5.74, 6) is 1.03. The first kappa shape index (κ1) is 32.3. The van der Waals surface area contributed by atoms with E-state index < -0.39 is 0 Å². The number of methoxy groups -OCH3 is 3. The van der Waals surface area contributed by atoms with Crippen molar-refractivity contribution in [3.8, 4) is 28.4 Å². The molecule has 2 amide bonds. The number of hydrogen-bond donors (Lipinski definition) is 0. The lowest BCUT2D eigenvalue weighted by Gasteiger charge is -2.34. The molecule has 42 heavy (non-hydrogen) atoms. The number of unbranched alkanes of at least 4 members (excludes halogenated alkanes) is 6. The Morgan fingerprint density at radius 3 is 1.67 bits per heavy atom. The third kappa shape index (κ3) is 6.07. The number of carbonyl (C=O) groups is 2. The first-order chi connectivity index (χ1) is 20.4. The molecule has 226 valence electrons. The van der Waals surface area contributed by atoms with Crippen LogP contribution in [0, 0.1) is 0 Å². The molecule has 0 saturated heterocycles. The lowest BCUT2D eigenvalue weighted by Crippen LogP contribution is -2.47. The highest BCUT2D eigenvalue weighted by Gasteiger charge is 2.38. The topological polar surface area (TPSA) is 65.1 Å². The highest BCUT2D eigenvalue weighted by Crippen LogP contribution is 2.54. The van der Waals surface area contributed by atoms with Gasteiger partial charge in [-0.05, 0) is 67.8 Å². The van der Waals surface area contributed by atoms with Crippen LogP contribution in [0.15, 0.2) is 39.3 Å². The SMILES string of the molecule is CCCCCCC(CCCCCC)N1C(=O)c2cccc3c(-c4c(Br)c(OC)c(OC)c(OC)c4Br)ccc(c23)C1=O. The summed E-state index contributed by atoms with van der Waals surface area (Å²) in [4.78, 5) is 29.8. The zero-order valence-corrected chi connectivity index (χ0v) is 28.5. The predicted octanol–water partition coefficient (Wildman–Crippen LogP) is 9.96. The molecule has 4 rings (SSSR count). The van der Waals surface area contributed by atoms with Crippen LogP contribution in [-0.4, -0.2) is 44.1 Å². The molecule has 0 aliphatic carbocycles. The van der Waals surface area contributed by atoms with Gasteiger partial charge in [0.05, 0.1) is 30.3 Å². The van der Waals surface area contributed by atoms with E-state index in [4.69, 9.17) is 14.2 Å². The lowest BCUT2D eigenvalue weighted by molar-refractivity contribution is 0.0517. The zero-order chi connectivity index (χ0) is 30.4. The summed E-state index contributed by atoms with van der Waals surface area (Å²) in [6.45, 7) is 4.39. The second-order valence-corrected chi connectivity index (χ2v) is 12.4. The van der Waals surface area contributed by atoms with E-state index in [1.807, 2.05) is 30.3 Å². The van der Waals surface area contributed by atoms with Crippen molar-refractivity contribution in [1.29, 1.82) is 0 Å². The molecule has 0 atom stereocenters. The van der Waals surface area contributed by atoms with Crippen molar-refractivity contribution in [3.05, 3.63) is 50.4 Å². The van der Waals surface area contributed by atoms with Crippen molar-refractivity contribution in [2.24, 2.45) is 0 Å². The summed E-state index contributed by atoms with van der Waals surface area (Å²) in [5, 5.41) is 1.49. The summed E-state index contributed by atoms with van der Waals surface area (Å²) in [6.07, 6.45) is 10.6. The quantitative estimate of drug-likeness (QED) is 0.117. The number of hydrogen-bond acceptors (Lipinski definition) is 5. The van der Waals surface area contributed by atoms with Crippen LogP contribution in [0.5, 0.6) is 17.2 Å². The van der Waals surface area contributed by atoms with E-state index in [1.54, 1.807) is 26.2 Å². The average molecular weight is 704 g/mol. The molecule has 0 fully saturated rings. The van der Waals surface area contributed by atoms with E-state index in [-0.39, 0.29) is 17.9 Å². The third-order valence-corrected chi connectivity index (χ3v) is 9.73. The van der Waals surface area contributed by atoms with E-state index in [9.17, 15) is 9.59 Å².